The van der Waals surface area contributed by atoms with Crippen molar-refractivity contribution in [2.45, 2.75) is 81.1 Å². The maximum atomic E-state index is 12.7. The molecular formula is C19H40N2O. The Morgan fingerprint density at radius 1 is 1.00 bits per heavy atom. The van der Waals surface area contributed by atoms with Crippen LogP contribution in [0, 0.1) is 21.5 Å². The van der Waals surface area contributed by atoms with Crippen LogP contribution >= 0.6 is 0 Å². The Bertz CT molecular complexity index is 349. The van der Waals surface area contributed by atoms with Crippen molar-refractivity contribution in [3.63, 3.8) is 0 Å². The number of hydrogen-bond acceptors (Lipinski definition) is 2. The van der Waals surface area contributed by atoms with E-state index in [9.17, 15) is 5.21 Å². The summed E-state index contributed by atoms with van der Waals surface area (Å²) in [5.41, 5.74) is 0.695. The predicted octanol–water partition coefficient (Wildman–Crippen LogP) is 5.21. The molecule has 0 amide bonds. The van der Waals surface area contributed by atoms with Gasteiger partial charge in [-0.25, -0.2) is 0 Å². The molecule has 1 aliphatic heterocycles. The van der Waals surface area contributed by atoms with Gasteiger partial charge >= 0.3 is 0 Å². The van der Waals surface area contributed by atoms with E-state index in [4.69, 9.17) is 0 Å². The first kappa shape index (κ1) is 19.9. The fraction of sp³-hybridized carbons (Fsp3) is 1.00. The molecule has 1 unspecified atom stereocenters. The zero-order chi connectivity index (χ0) is 17.2. The van der Waals surface area contributed by atoms with Crippen molar-refractivity contribution in [2.75, 3.05) is 26.2 Å². The second kappa shape index (κ2) is 6.78. The summed E-state index contributed by atoms with van der Waals surface area (Å²) in [4.78, 5) is 0. The first-order valence-corrected chi connectivity index (χ1v) is 9.23. The Balaban J connectivity index is 3.10. The average molecular weight is 313 g/mol. The standard InChI is InChI=1S/C19H40N2O/c1-9-11-12-19(18(6,7)8,15-17(3,4)5)16-20(10-2)21(22)13-14-21/h9-16H2,1-8H3. The van der Waals surface area contributed by atoms with Gasteiger partial charge in [-0.1, -0.05) is 61.3 Å². The monoisotopic (exact) mass is 312 g/mol. The van der Waals surface area contributed by atoms with Crippen molar-refractivity contribution >= 4 is 0 Å². The molecular weight excluding hydrogens is 272 g/mol. The first-order valence-electron chi connectivity index (χ1n) is 9.23. The van der Waals surface area contributed by atoms with Crippen molar-refractivity contribution in [2.24, 2.45) is 16.2 Å². The van der Waals surface area contributed by atoms with Crippen LogP contribution in [-0.4, -0.2) is 35.9 Å². The lowest BCUT2D eigenvalue weighted by Gasteiger charge is -2.52. The van der Waals surface area contributed by atoms with Crippen LogP contribution in [0.25, 0.3) is 0 Å². The van der Waals surface area contributed by atoms with Crippen molar-refractivity contribution < 1.29 is 4.76 Å². The molecule has 1 aliphatic rings. The number of quaternary nitrogens is 1. The van der Waals surface area contributed by atoms with Crippen molar-refractivity contribution in [1.29, 1.82) is 0 Å². The lowest BCUT2D eigenvalue weighted by molar-refractivity contribution is -0.880. The second-order valence-electron chi connectivity index (χ2n) is 9.65. The molecule has 0 aromatic heterocycles. The van der Waals surface area contributed by atoms with Crippen molar-refractivity contribution in [3.05, 3.63) is 5.21 Å². The molecule has 0 saturated carbocycles. The van der Waals surface area contributed by atoms with E-state index in [1.165, 1.54) is 25.7 Å². The molecule has 1 saturated heterocycles. The van der Waals surface area contributed by atoms with Crippen LogP contribution in [0.15, 0.2) is 0 Å². The zero-order valence-corrected chi connectivity index (χ0v) is 16.5. The Kier molecular flexibility index (Phi) is 6.14. The molecule has 1 heterocycles. The third-order valence-electron chi connectivity index (χ3n) is 5.44. The summed E-state index contributed by atoms with van der Waals surface area (Å²) in [6, 6.07) is 0. The average Bonchev–Trinajstić information content (AvgIpc) is 3.08. The third kappa shape index (κ3) is 4.94. The van der Waals surface area contributed by atoms with E-state index in [-0.39, 0.29) is 21.0 Å². The number of unbranched alkanes of at least 4 members (excludes halogenated alkanes) is 1. The smallest absolute Gasteiger partial charge is 0.148 e. The molecule has 1 fully saturated rings. The maximum absolute atomic E-state index is 12.7. The molecule has 0 N–H and O–H groups in total. The van der Waals surface area contributed by atoms with E-state index < -0.39 is 0 Å². The summed E-state index contributed by atoms with van der Waals surface area (Å²) in [5, 5.41) is 14.8. The van der Waals surface area contributed by atoms with Crippen LogP contribution < -0.4 is 0 Å². The molecule has 0 aromatic rings. The summed E-state index contributed by atoms with van der Waals surface area (Å²) >= 11 is 0. The highest BCUT2D eigenvalue weighted by molar-refractivity contribution is 4.95. The zero-order valence-electron chi connectivity index (χ0n) is 16.5. The molecule has 0 radical (unpaired) electrons. The lowest BCUT2D eigenvalue weighted by Crippen LogP contribution is -2.53. The first-order chi connectivity index (χ1) is 9.89. The molecule has 0 bridgehead atoms. The van der Waals surface area contributed by atoms with Gasteiger partial charge < -0.3 is 5.21 Å². The summed E-state index contributed by atoms with van der Waals surface area (Å²) in [7, 11) is 0. The molecule has 0 aromatic carbocycles. The van der Waals surface area contributed by atoms with Gasteiger partial charge in [0, 0.05) is 6.54 Å². The van der Waals surface area contributed by atoms with Crippen LogP contribution in [0.3, 0.4) is 0 Å². The molecule has 1 rings (SSSR count). The maximum Gasteiger partial charge on any atom is 0.148 e. The number of rotatable bonds is 8. The van der Waals surface area contributed by atoms with E-state index in [0.29, 0.717) is 0 Å². The summed E-state index contributed by atoms with van der Waals surface area (Å²) in [6.45, 7) is 21.9. The molecule has 22 heavy (non-hydrogen) atoms. The number of hydrogen-bond donors (Lipinski definition) is 0. The van der Waals surface area contributed by atoms with Crippen LogP contribution in [0.1, 0.15) is 81.1 Å². The van der Waals surface area contributed by atoms with Crippen molar-refractivity contribution in [1.82, 2.24) is 5.01 Å². The topological polar surface area (TPSA) is 26.3 Å². The minimum Gasteiger partial charge on any atom is -0.611 e. The van der Waals surface area contributed by atoms with E-state index in [0.717, 1.165) is 26.2 Å². The van der Waals surface area contributed by atoms with Gasteiger partial charge in [0.1, 0.15) is 13.1 Å². The molecule has 132 valence electrons. The SMILES string of the molecule is CCCCC(CN(CC)[N+]1([O-])CC1)(CC(C)(C)C)C(C)(C)C. The molecule has 1 atom stereocenters. The summed E-state index contributed by atoms with van der Waals surface area (Å²) in [6.07, 6.45) is 4.88. The second-order valence-corrected chi connectivity index (χ2v) is 9.65. The molecule has 0 spiro atoms. The fourth-order valence-electron chi connectivity index (χ4n) is 3.85. The van der Waals surface area contributed by atoms with Gasteiger partial charge in [0.2, 0.25) is 0 Å². The van der Waals surface area contributed by atoms with Gasteiger partial charge in [0.25, 0.3) is 0 Å². The minimum absolute atomic E-state index is 0.0788. The summed E-state index contributed by atoms with van der Waals surface area (Å²) < 4.78 is -0.0788. The number of nitrogens with zero attached hydrogens (tertiary/aromatic N) is 2. The van der Waals surface area contributed by atoms with Gasteiger partial charge in [-0.3, -0.25) is 4.76 Å². The third-order valence-corrected chi connectivity index (χ3v) is 5.44. The predicted molar refractivity (Wildman–Crippen MR) is 96.1 cm³/mol. The van der Waals surface area contributed by atoms with Crippen LogP contribution in [0.5, 0.6) is 0 Å². The van der Waals surface area contributed by atoms with E-state index >= 15 is 0 Å². The van der Waals surface area contributed by atoms with Crippen LogP contribution in [0.2, 0.25) is 0 Å². The van der Waals surface area contributed by atoms with E-state index in [2.05, 4.69) is 60.4 Å². The van der Waals surface area contributed by atoms with Crippen LogP contribution in [-0.2, 0) is 0 Å². The minimum atomic E-state index is -0.0788. The highest BCUT2D eigenvalue weighted by Crippen LogP contribution is 2.51. The van der Waals surface area contributed by atoms with Gasteiger partial charge in [-0.15, -0.1) is 0 Å². The quantitative estimate of drug-likeness (QED) is 0.349. The largest absolute Gasteiger partial charge is 0.611 e. The molecule has 3 heteroatoms. The number of hydroxylamine groups is 2. The summed E-state index contributed by atoms with van der Waals surface area (Å²) in [5.74, 6) is 0. The Morgan fingerprint density at radius 2 is 1.55 bits per heavy atom. The van der Waals surface area contributed by atoms with Gasteiger partial charge in [-0.2, -0.15) is 5.01 Å². The highest BCUT2D eigenvalue weighted by Gasteiger charge is 2.49. The molecule has 0 aliphatic carbocycles. The highest BCUT2D eigenvalue weighted by atomic mass is 16.6. The lowest BCUT2D eigenvalue weighted by atomic mass is 9.58. The molecule has 3 nitrogen and oxygen atoms in total. The van der Waals surface area contributed by atoms with Crippen molar-refractivity contribution in [3.8, 4) is 0 Å². The Hall–Kier alpha value is -0.120. The fourth-order valence-corrected chi connectivity index (χ4v) is 3.85. The van der Waals surface area contributed by atoms with E-state index in [1.807, 2.05) is 0 Å². The van der Waals surface area contributed by atoms with Crippen LogP contribution in [0.4, 0.5) is 0 Å². The van der Waals surface area contributed by atoms with Gasteiger partial charge in [0.05, 0.1) is 6.54 Å². The normalized spacial score (nSPS) is 21.0. The van der Waals surface area contributed by atoms with Gasteiger partial charge in [-0.05, 0) is 36.0 Å². The Labute approximate surface area is 139 Å². The Morgan fingerprint density at radius 3 is 1.86 bits per heavy atom. The van der Waals surface area contributed by atoms with E-state index in [1.54, 1.807) is 0 Å². The van der Waals surface area contributed by atoms with Gasteiger partial charge in [0.15, 0.2) is 0 Å².